The molecule has 3 aliphatic heterocycles. The summed E-state index contributed by atoms with van der Waals surface area (Å²) in [6, 6.07) is 15.4. The van der Waals surface area contributed by atoms with E-state index in [1.165, 1.54) is 16.7 Å². The first-order valence-electron chi connectivity index (χ1n) is 15.1. The number of aromatic nitrogens is 4. The van der Waals surface area contributed by atoms with Gasteiger partial charge in [-0.15, -0.1) is 0 Å². The molecule has 214 valence electrons. The Morgan fingerprint density at radius 2 is 1.80 bits per heavy atom. The van der Waals surface area contributed by atoms with Gasteiger partial charge < -0.3 is 19.3 Å². The maximum atomic E-state index is 9.97. The first-order valence-corrected chi connectivity index (χ1v) is 15.1. The van der Waals surface area contributed by atoms with Gasteiger partial charge in [-0.1, -0.05) is 30.3 Å². The molecule has 0 saturated carbocycles. The molecule has 0 bridgehead atoms. The van der Waals surface area contributed by atoms with Crippen molar-refractivity contribution in [2.24, 2.45) is 0 Å². The molecule has 2 fully saturated rings. The van der Waals surface area contributed by atoms with Crippen LogP contribution in [0.3, 0.4) is 0 Å². The fourth-order valence-corrected chi connectivity index (χ4v) is 6.63. The lowest BCUT2D eigenvalue weighted by Gasteiger charge is -2.32. The third-order valence-corrected chi connectivity index (χ3v) is 9.22. The number of fused-ring (bicyclic) bond motifs is 2. The summed E-state index contributed by atoms with van der Waals surface area (Å²) >= 11 is 0. The number of aliphatic hydroxyl groups is 1. The summed E-state index contributed by atoms with van der Waals surface area (Å²) in [6.45, 7) is 12.4. The van der Waals surface area contributed by atoms with Crippen molar-refractivity contribution in [3.05, 3.63) is 83.3 Å². The van der Waals surface area contributed by atoms with Crippen LogP contribution in [-0.4, -0.2) is 68.2 Å². The van der Waals surface area contributed by atoms with Crippen molar-refractivity contribution in [2.45, 2.75) is 64.3 Å². The first-order chi connectivity index (χ1) is 20.0. The summed E-state index contributed by atoms with van der Waals surface area (Å²) in [6.07, 6.45) is 7.80. The van der Waals surface area contributed by atoms with Gasteiger partial charge in [0.05, 0.1) is 36.3 Å². The maximum Gasteiger partial charge on any atom is 0.150 e. The zero-order chi connectivity index (χ0) is 27.9. The van der Waals surface area contributed by atoms with Gasteiger partial charge in [0, 0.05) is 50.6 Å². The molecule has 0 spiro atoms. The van der Waals surface area contributed by atoms with Crippen LogP contribution < -0.4 is 4.90 Å². The number of aliphatic hydroxyl groups excluding tert-OH is 1. The molecule has 8 heteroatoms. The highest BCUT2D eigenvalue weighted by atomic mass is 16.5. The SMILES string of the molecule is C=C(O)c1ccc2nc(CN3CCC(n4ccc(N5CCc6ccc(C)cc6CC5)n4)CC3)n(CC3CCO3)c2c1. The van der Waals surface area contributed by atoms with E-state index in [0.717, 1.165) is 106 Å². The lowest BCUT2D eigenvalue weighted by molar-refractivity contribution is -0.0592. The van der Waals surface area contributed by atoms with Crippen LogP contribution >= 0.6 is 0 Å². The van der Waals surface area contributed by atoms with Crippen LogP contribution in [-0.2, 0) is 30.7 Å². The minimum absolute atomic E-state index is 0.0842. The molecule has 0 aliphatic carbocycles. The number of rotatable bonds is 7. The zero-order valence-corrected chi connectivity index (χ0v) is 24.0. The van der Waals surface area contributed by atoms with Gasteiger partial charge in [-0.25, -0.2) is 4.98 Å². The molecule has 2 saturated heterocycles. The highest BCUT2D eigenvalue weighted by molar-refractivity contribution is 5.80. The molecule has 5 heterocycles. The molecule has 3 aliphatic rings. The standard InChI is InChI=1S/C33H40N6O2/c1-23-3-4-25-7-15-37(16-8-27(25)19-23)32-11-17-39(35-32)28-9-13-36(14-10-28)22-33-34-30-6-5-26(24(2)40)20-31(30)38(33)21-29-12-18-41-29/h3-6,11,17,19-20,28-29,40H,2,7-10,12-16,18,21-22H2,1H3. The quantitative estimate of drug-likeness (QED) is 0.314. The number of imidazole rings is 1. The van der Waals surface area contributed by atoms with Crippen molar-refractivity contribution in [1.29, 1.82) is 0 Å². The van der Waals surface area contributed by atoms with Crippen LogP contribution in [0, 0.1) is 6.92 Å². The number of nitrogens with zero attached hydrogens (tertiary/aromatic N) is 6. The van der Waals surface area contributed by atoms with E-state index < -0.39 is 0 Å². The second-order valence-electron chi connectivity index (χ2n) is 12.0. The van der Waals surface area contributed by atoms with Gasteiger partial charge in [-0.3, -0.25) is 9.58 Å². The first kappa shape index (κ1) is 26.3. The highest BCUT2D eigenvalue weighted by Crippen LogP contribution is 2.28. The molecule has 7 rings (SSSR count). The van der Waals surface area contributed by atoms with E-state index in [4.69, 9.17) is 14.8 Å². The molecule has 0 radical (unpaired) electrons. The summed E-state index contributed by atoms with van der Waals surface area (Å²) in [5.74, 6) is 2.25. The van der Waals surface area contributed by atoms with Gasteiger partial charge in [-0.2, -0.15) is 5.10 Å². The summed E-state index contributed by atoms with van der Waals surface area (Å²) in [5.41, 5.74) is 7.05. The molecule has 8 nitrogen and oxygen atoms in total. The van der Waals surface area contributed by atoms with Gasteiger partial charge in [0.25, 0.3) is 0 Å². The summed E-state index contributed by atoms with van der Waals surface area (Å²) < 4.78 is 10.3. The van der Waals surface area contributed by atoms with Crippen molar-refractivity contribution in [1.82, 2.24) is 24.2 Å². The number of anilines is 1. The Bertz CT molecular complexity index is 1560. The normalized spacial score (nSPS) is 20.1. The Morgan fingerprint density at radius 3 is 2.56 bits per heavy atom. The Kier molecular flexibility index (Phi) is 7.04. The summed E-state index contributed by atoms with van der Waals surface area (Å²) in [5, 5.41) is 15.0. The number of benzene rings is 2. The monoisotopic (exact) mass is 552 g/mol. The van der Waals surface area contributed by atoms with E-state index in [-0.39, 0.29) is 11.9 Å². The molecule has 1 unspecified atom stereocenters. The topological polar surface area (TPSA) is 71.6 Å². The van der Waals surface area contributed by atoms with E-state index in [1.807, 2.05) is 18.2 Å². The van der Waals surface area contributed by atoms with Gasteiger partial charge in [0.15, 0.2) is 5.82 Å². The fraction of sp³-hybridized carbons (Fsp3) is 0.455. The van der Waals surface area contributed by atoms with Gasteiger partial charge >= 0.3 is 0 Å². The minimum Gasteiger partial charge on any atom is -0.508 e. The number of aryl methyl sites for hydroxylation is 1. The van der Waals surface area contributed by atoms with Crippen LogP contribution in [0.4, 0.5) is 5.82 Å². The highest BCUT2D eigenvalue weighted by Gasteiger charge is 2.26. The number of hydrogen-bond acceptors (Lipinski definition) is 6. The van der Waals surface area contributed by atoms with Crippen molar-refractivity contribution in [2.75, 3.05) is 37.7 Å². The minimum atomic E-state index is 0.0842. The van der Waals surface area contributed by atoms with Crippen molar-refractivity contribution < 1.29 is 9.84 Å². The van der Waals surface area contributed by atoms with Gasteiger partial charge in [0.2, 0.25) is 0 Å². The van der Waals surface area contributed by atoms with Crippen LogP contribution in [0.2, 0.25) is 0 Å². The summed E-state index contributed by atoms with van der Waals surface area (Å²) in [4.78, 5) is 9.98. The number of likely N-dealkylation sites (tertiary alicyclic amines) is 1. The zero-order valence-electron chi connectivity index (χ0n) is 24.0. The number of hydrogen-bond donors (Lipinski definition) is 1. The Morgan fingerprint density at radius 1 is 1.00 bits per heavy atom. The number of piperidine rings is 1. The molecular formula is C33H40N6O2. The van der Waals surface area contributed by atoms with Crippen LogP contribution in [0.15, 0.2) is 55.2 Å². The molecule has 2 aromatic heterocycles. The molecular weight excluding hydrogens is 512 g/mol. The Balaban J connectivity index is 1.00. The van der Waals surface area contributed by atoms with E-state index >= 15 is 0 Å². The molecule has 1 N–H and O–H groups in total. The third-order valence-electron chi connectivity index (χ3n) is 9.22. The summed E-state index contributed by atoms with van der Waals surface area (Å²) in [7, 11) is 0. The average molecular weight is 553 g/mol. The van der Waals surface area contributed by atoms with Gasteiger partial charge in [-0.05, 0) is 68.4 Å². The Hall–Kier alpha value is -3.62. The predicted octanol–water partition coefficient (Wildman–Crippen LogP) is 5.30. The molecule has 2 aromatic carbocycles. The van der Waals surface area contributed by atoms with Crippen molar-refractivity contribution >= 4 is 22.6 Å². The predicted molar refractivity (Wildman–Crippen MR) is 162 cm³/mol. The maximum absolute atomic E-state index is 9.97. The van der Waals surface area contributed by atoms with E-state index in [2.05, 4.69) is 63.0 Å². The third kappa shape index (κ3) is 5.38. The lowest BCUT2D eigenvalue weighted by Crippen LogP contribution is -2.36. The Labute approximate surface area is 241 Å². The van der Waals surface area contributed by atoms with Crippen molar-refractivity contribution in [3.63, 3.8) is 0 Å². The van der Waals surface area contributed by atoms with Crippen molar-refractivity contribution in [3.8, 4) is 0 Å². The van der Waals surface area contributed by atoms with Crippen LogP contribution in [0.5, 0.6) is 0 Å². The lowest BCUT2D eigenvalue weighted by atomic mass is 10.0. The molecule has 0 amide bonds. The molecule has 1 atom stereocenters. The van der Waals surface area contributed by atoms with E-state index in [0.29, 0.717) is 6.04 Å². The largest absolute Gasteiger partial charge is 0.508 e. The second-order valence-corrected chi connectivity index (χ2v) is 12.0. The smallest absolute Gasteiger partial charge is 0.150 e. The fourth-order valence-electron chi connectivity index (χ4n) is 6.63. The molecule has 4 aromatic rings. The van der Waals surface area contributed by atoms with E-state index in [9.17, 15) is 5.11 Å². The average Bonchev–Trinajstić information content (AvgIpc) is 3.50. The molecule has 41 heavy (non-hydrogen) atoms. The van der Waals surface area contributed by atoms with Crippen LogP contribution in [0.1, 0.15) is 53.4 Å². The second kappa shape index (κ2) is 11.0. The number of ether oxygens (including phenoxy) is 1. The van der Waals surface area contributed by atoms with E-state index in [1.54, 1.807) is 0 Å². The van der Waals surface area contributed by atoms with Crippen LogP contribution in [0.25, 0.3) is 16.8 Å². The van der Waals surface area contributed by atoms with Gasteiger partial charge in [0.1, 0.15) is 11.6 Å².